The molecule has 1 aromatic carbocycles. The Morgan fingerprint density at radius 1 is 1.42 bits per heavy atom. The van der Waals surface area contributed by atoms with Crippen LogP contribution in [0, 0.1) is 6.92 Å². The van der Waals surface area contributed by atoms with Crippen LogP contribution in [0.5, 0.6) is 5.75 Å². The van der Waals surface area contributed by atoms with Gasteiger partial charge < -0.3 is 20.3 Å². The lowest BCUT2D eigenvalue weighted by Gasteiger charge is -2.18. The van der Waals surface area contributed by atoms with E-state index in [0.29, 0.717) is 11.3 Å². The first-order valence-corrected chi connectivity index (χ1v) is 5.91. The SMILES string of the molecule is COc1ccc(C)cc1C(O)CNCC(F)(F)CO. The van der Waals surface area contributed by atoms with E-state index in [2.05, 4.69) is 5.32 Å². The molecule has 1 atom stereocenters. The summed E-state index contributed by atoms with van der Waals surface area (Å²) in [4.78, 5) is 0. The van der Waals surface area contributed by atoms with Crippen molar-refractivity contribution in [1.82, 2.24) is 5.32 Å². The summed E-state index contributed by atoms with van der Waals surface area (Å²) in [6, 6.07) is 5.30. The van der Waals surface area contributed by atoms with Crippen LogP contribution < -0.4 is 10.1 Å². The zero-order valence-electron chi connectivity index (χ0n) is 11.0. The normalized spacial score (nSPS) is 13.4. The van der Waals surface area contributed by atoms with Crippen LogP contribution in [0.1, 0.15) is 17.2 Å². The van der Waals surface area contributed by atoms with Gasteiger partial charge in [0.15, 0.2) is 0 Å². The minimum atomic E-state index is -3.18. The number of halogens is 2. The Morgan fingerprint density at radius 3 is 2.68 bits per heavy atom. The van der Waals surface area contributed by atoms with Crippen molar-refractivity contribution in [2.75, 3.05) is 26.8 Å². The highest BCUT2D eigenvalue weighted by molar-refractivity contribution is 5.38. The molecule has 0 saturated heterocycles. The van der Waals surface area contributed by atoms with E-state index in [4.69, 9.17) is 9.84 Å². The Kier molecular flexibility index (Phi) is 5.65. The smallest absolute Gasteiger partial charge is 0.282 e. The van der Waals surface area contributed by atoms with E-state index < -0.39 is 25.2 Å². The topological polar surface area (TPSA) is 61.7 Å². The van der Waals surface area contributed by atoms with Crippen LogP contribution in [-0.4, -0.2) is 42.9 Å². The van der Waals surface area contributed by atoms with Gasteiger partial charge in [-0.15, -0.1) is 0 Å². The Hall–Kier alpha value is -1.24. The Balaban J connectivity index is 2.63. The van der Waals surface area contributed by atoms with Crippen LogP contribution in [0.2, 0.25) is 0 Å². The van der Waals surface area contributed by atoms with Crippen molar-refractivity contribution >= 4 is 0 Å². The lowest BCUT2D eigenvalue weighted by Crippen LogP contribution is -2.37. The van der Waals surface area contributed by atoms with Gasteiger partial charge in [0.05, 0.1) is 19.8 Å². The number of hydrogen-bond acceptors (Lipinski definition) is 4. The lowest BCUT2D eigenvalue weighted by molar-refractivity contribution is -0.0489. The maximum atomic E-state index is 12.8. The molecule has 0 aliphatic carbocycles. The molecule has 1 rings (SSSR count). The summed E-state index contributed by atoms with van der Waals surface area (Å²) in [6.07, 6.45) is -0.954. The van der Waals surface area contributed by atoms with Crippen LogP contribution in [0.3, 0.4) is 0 Å². The predicted octanol–water partition coefficient (Wildman–Crippen LogP) is 1.25. The molecule has 108 valence electrons. The van der Waals surface area contributed by atoms with E-state index in [-0.39, 0.29) is 6.54 Å². The van der Waals surface area contributed by atoms with E-state index in [9.17, 15) is 13.9 Å². The first-order chi connectivity index (χ1) is 8.89. The summed E-state index contributed by atoms with van der Waals surface area (Å²) >= 11 is 0. The quantitative estimate of drug-likeness (QED) is 0.701. The van der Waals surface area contributed by atoms with E-state index in [1.165, 1.54) is 7.11 Å². The van der Waals surface area contributed by atoms with Gasteiger partial charge in [-0.25, -0.2) is 8.78 Å². The van der Waals surface area contributed by atoms with Crippen molar-refractivity contribution in [3.05, 3.63) is 29.3 Å². The number of hydrogen-bond donors (Lipinski definition) is 3. The highest BCUT2D eigenvalue weighted by atomic mass is 19.3. The van der Waals surface area contributed by atoms with Crippen molar-refractivity contribution < 1.29 is 23.7 Å². The fourth-order valence-electron chi connectivity index (χ4n) is 1.67. The third kappa shape index (κ3) is 4.74. The summed E-state index contributed by atoms with van der Waals surface area (Å²) in [6.45, 7) is -0.0864. The van der Waals surface area contributed by atoms with Gasteiger partial charge in [0.25, 0.3) is 5.92 Å². The number of aliphatic hydroxyl groups is 2. The summed E-state index contributed by atoms with van der Waals surface area (Å²) in [5, 5.41) is 20.8. The average Bonchev–Trinajstić information content (AvgIpc) is 2.38. The molecule has 1 unspecified atom stereocenters. The third-order valence-electron chi connectivity index (χ3n) is 2.70. The molecule has 0 fully saturated rings. The molecule has 1 aromatic rings. The van der Waals surface area contributed by atoms with Crippen LogP contribution in [0.25, 0.3) is 0 Å². The predicted molar refractivity (Wildman–Crippen MR) is 67.6 cm³/mol. The average molecular weight is 275 g/mol. The summed E-state index contributed by atoms with van der Waals surface area (Å²) in [7, 11) is 1.48. The maximum Gasteiger partial charge on any atom is 0.282 e. The van der Waals surface area contributed by atoms with Crippen LogP contribution >= 0.6 is 0 Å². The molecule has 6 heteroatoms. The van der Waals surface area contributed by atoms with Crippen molar-refractivity contribution in [3.8, 4) is 5.75 Å². The largest absolute Gasteiger partial charge is 0.496 e. The van der Waals surface area contributed by atoms with Gasteiger partial charge in [-0.1, -0.05) is 11.6 Å². The first-order valence-electron chi connectivity index (χ1n) is 5.91. The maximum absolute atomic E-state index is 12.8. The molecular weight excluding hydrogens is 256 g/mol. The molecule has 0 heterocycles. The van der Waals surface area contributed by atoms with Crippen molar-refractivity contribution in [2.24, 2.45) is 0 Å². The number of methoxy groups -OCH3 is 1. The van der Waals surface area contributed by atoms with Gasteiger partial charge in [-0.2, -0.15) is 0 Å². The second kappa shape index (κ2) is 6.79. The van der Waals surface area contributed by atoms with E-state index in [1.54, 1.807) is 12.1 Å². The molecule has 4 nitrogen and oxygen atoms in total. The monoisotopic (exact) mass is 275 g/mol. The van der Waals surface area contributed by atoms with Gasteiger partial charge >= 0.3 is 0 Å². The van der Waals surface area contributed by atoms with Crippen molar-refractivity contribution in [2.45, 2.75) is 19.0 Å². The summed E-state index contributed by atoms with van der Waals surface area (Å²) in [5.41, 5.74) is 1.48. The number of aliphatic hydroxyl groups excluding tert-OH is 2. The molecule has 0 aliphatic heterocycles. The molecule has 0 aliphatic rings. The molecular formula is C13H19F2NO3. The number of nitrogens with one attached hydrogen (secondary N) is 1. The van der Waals surface area contributed by atoms with Gasteiger partial charge in [0.2, 0.25) is 0 Å². The van der Waals surface area contributed by atoms with Gasteiger partial charge in [-0.05, 0) is 19.1 Å². The standard InChI is InChI=1S/C13H19F2NO3/c1-9-3-4-12(19-2)10(5-9)11(18)6-16-7-13(14,15)8-17/h3-5,11,16-18H,6-8H2,1-2H3. The molecule has 0 saturated carbocycles. The third-order valence-corrected chi connectivity index (χ3v) is 2.70. The van der Waals surface area contributed by atoms with Crippen LogP contribution in [0.15, 0.2) is 18.2 Å². The zero-order chi connectivity index (χ0) is 14.5. The Bertz CT molecular complexity index is 413. The van der Waals surface area contributed by atoms with Crippen LogP contribution in [-0.2, 0) is 0 Å². The fourth-order valence-corrected chi connectivity index (χ4v) is 1.67. The second-order valence-electron chi connectivity index (χ2n) is 4.41. The lowest BCUT2D eigenvalue weighted by atomic mass is 10.1. The van der Waals surface area contributed by atoms with Gasteiger partial charge in [0.1, 0.15) is 12.4 Å². The molecule has 3 N–H and O–H groups in total. The minimum Gasteiger partial charge on any atom is -0.496 e. The number of alkyl halides is 2. The number of aryl methyl sites for hydroxylation is 1. The highest BCUT2D eigenvalue weighted by Gasteiger charge is 2.27. The van der Waals surface area contributed by atoms with E-state index in [1.807, 2.05) is 13.0 Å². The second-order valence-corrected chi connectivity index (χ2v) is 4.41. The summed E-state index contributed by atoms with van der Waals surface area (Å²) < 4.78 is 30.7. The molecule has 0 bridgehead atoms. The Morgan fingerprint density at radius 2 is 2.11 bits per heavy atom. The zero-order valence-corrected chi connectivity index (χ0v) is 11.0. The van der Waals surface area contributed by atoms with E-state index in [0.717, 1.165) is 5.56 Å². The van der Waals surface area contributed by atoms with Crippen molar-refractivity contribution in [3.63, 3.8) is 0 Å². The summed E-state index contributed by atoms with van der Waals surface area (Å²) in [5.74, 6) is -2.68. The molecule has 0 radical (unpaired) electrons. The number of benzene rings is 1. The molecule has 0 aromatic heterocycles. The van der Waals surface area contributed by atoms with E-state index >= 15 is 0 Å². The first kappa shape index (κ1) is 15.8. The van der Waals surface area contributed by atoms with Crippen molar-refractivity contribution in [1.29, 1.82) is 0 Å². The number of rotatable bonds is 7. The molecule has 0 spiro atoms. The molecule has 0 amide bonds. The number of ether oxygens (including phenoxy) is 1. The Labute approximate surface area is 111 Å². The van der Waals surface area contributed by atoms with Crippen LogP contribution in [0.4, 0.5) is 8.78 Å². The van der Waals surface area contributed by atoms with Gasteiger partial charge in [0, 0.05) is 12.1 Å². The molecule has 19 heavy (non-hydrogen) atoms. The van der Waals surface area contributed by atoms with Gasteiger partial charge in [-0.3, -0.25) is 0 Å². The minimum absolute atomic E-state index is 0.0462. The fraction of sp³-hybridized carbons (Fsp3) is 0.538. The highest BCUT2D eigenvalue weighted by Crippen LogP contribution is 2.26.